The highest BCUT2D eigenvalue weighted by Crippen LogP contribution is 2.23. The number of benzene rings is 1. The lowest BCUT2D eigenvalue weighted by Crippen LogP contribution is -2.42. The summed E-state index contributed by atoms with van der Waals surface area (Å²) in [6.07, 6.45) is 7.59. The summed E-state index contributed by atoms with van der Waals surface area (Å²) in [5, 5.41) is 12.3. The van der Waals surface area contributed by atoms with Crippen LogP contribution in [0.25, 0.3) is 6.08 Å². The number of hydrogen-bond acceptors (Lipinski definition) is 2. The van der Waals surface area contributed by atoms with Crippen LogP contribution in [0.1, 0.15) is 31.2 Å². The number of aliphatic hydroxyl groups excluding tert-OH is 1. The van der Waals surface area contributed by atoms with Gasteiger partial charge in [0.15, 0.2) is 0 Å². The van der Waals surface area contributed by atoms with Crippen LogP contribution in [0.2, 0.25) is 0 Å². The van der Waals surface area contributed by atoms with E-state index in [9.17, 15) is 9.90 Å². The van der Waals surface area contributed by atoms with Crippen molar-refractivity contribution in [1.29, 1.82) is 0 Å². The molecule has 0 aliphatic heterocycles. The largest absolute Gasteiger partial charge is 0.396 e. The lowest BCUT2D eigenvalue weighted by Gasteiger charge is -2.30. The van der Waals surface area contributed by atoms with Crippen molar-refractivity contribution in [2.45, 2.75) is 31.7 Å². The Balaban J connectivity index is 1.89. The first-order valence-electron chi connectivity index (χ1n) is 7.04. The molecule has 1 fully saturated rings. The van der Waals surface area contributed by atoms with Crippen LogP contribution in [0, 0.1) is 5.92 Å². The molecule has 0 heterocycles. The number of nitrogens with one attached hydrogen (secondary N) is 1. The topological polar surface area (TPSA) is 49.3 Å². The molecule has 0 radical (unpaired) electrons. The molecule has 3 nitrogen and oxygen atoms in total. The predicted molar refractivity (Wildman–Crippen MR) is 84.2 cm³/mol. The monoisotopic (exact) mass is 337 g/mol. The van der Waals surface area contributed by atoms with Crippen LogP contribution < -0.4 is 5.32 Å². The van der Waals surface area contributed by atoms with Crippen molar-refractivity contribution in [3.05, 3.63) is 40.4 Å². The minimum absolute atomic E-state index is 0.0849. The van der Waals surface area contributed by atoms with Crippen molar-refractivity contribution in [3.63, 3.8) is 0 Å². The Morgan fingerprint density at radius 1 is 1.30 bits per heavy atom. The molecule has 1 saturated carbocycles. The van der Waals surface area contributed by atoms with Crippen molar-refractivity contribution in [3.8, 4) is 0 Å². The van der Waals surface area contributed by atoms with E-state index < -0.39 is 0 Å². The third kappa shape index (κ3) is 4.46. The van der Waals surface area contributed by atoms with E-state index in [1.165, 1.54) is 0 Å². The first-order chi connectivity index (χ1) is 9.69. The molecule has 1 aliphatic carbocycles. The highest BCUT2D eigenvalue weighted by atomic mass is 79.9. The molecule has 1 amide bonds. The third-order valence-corrected chi connectivity index (χ3v) is 4.30. The van der Waals surface area contributed by atoms with Gasteiger partial charge in [-0.05, 0) is 36.6 Å². The van der Waals surface area contributed by atoms with E-state index in [0.717, 1.165) is 35.7 Å². The number of aliphatic hydroxyl groups is 1. The van der Waals surface area contributed by atoms with Crippen molar-refractivity contribution < 1.29 is 9.90 Å². The quantitative estimate of drug-likeness (QED) is 0.829. The average molecular weight is 338 g/mol. The van der Waals surface area contributed by atoms with Gasteiger partial charge in [-0.25, -0.2) is 0 Å². The molecular formula is C16H20BrNO2. The molecule has 108 valence electrons. The molecule has 0 aromatic heterocycles. The first kappa shape index (κ1) is 15.3. The summed E-state index contributed by atoms with van der Waals surface area (Å²) in [5.74, 6) is 0.118. The summed E-state index contributed by atoms with van der Waals surface area (Å²) in [5.41, 5.74) is 0.991. The van der Waals surface area contributed by atoms with E-state index in [4.69, 9.17) is 0 Å². The maximum absolute atomic E-state index is 11.9. The molecule has 0 saturated heterocycles. The highest BCUT2D eigenvalue weighted by Gasteiger charge is 2.25. The summed E-state index contributed by atoms with van der Waals surface area (Å²) in [4.78, 5) is 11.9. The molecule has 1 aliphatic rings. The molecule has 0 bridgehead atoms. The molecular weight excluding hydrogens is 318 g/mol. The Kier molecular flexibility index (Phi) is 5.80. The summed E-state index contributed by atoms with van der Waals surface area (Å²) in [7, 11) is 0. The fourth-order valence-electron chi connectivity index (χ4n) is 2.59. The maximum Gasteiger partial charge on any atom is 0.244 e. The van der Waals surface area contributed by atoms with Gasteiger partial charge in [0.25, 0.3) is 0 Å². The van der Waals surface area contributed by atoms with Gasteiger partial charge in [-0.1, -0.05) is 40.9 Å². The number of amides is 1. The Labute approximate surface area is 128 Å². The zero-order valence-electron chi connectivity index (χ0n) is 11.4. The van der Waals surface area contributed by atoms with E-state index in [1.54, 1.807) is 12.2 Å². The Morgan fingerprint density at radius 3 is 2.70 bits per heavy atom. The van der Waals surface area contributed by atoms with Crippen molar-refractivity contribution in [2.75, 3.05) is 6.61 Å². The predicted octanol–water partition coefficient (Wildman–Crippen LogP) is 3.13. The molecule has 1 aromatic carbocycles. The van der Waals surface area contributed by atoms with Crippen LogP contribution in [0.15, 0.2) is 34.8 Å². The lowest BCUT2D eigenvalue weighted by molar-refractivity contribution is -0.117. The van der Waals surface area contributed by atoms with Gasteiger partial charge in [0.1, 0.15) is 0 Å². The standard InChI is InChI=1S/C16H20BrNO2/c17-14-8-5-12(6-9-14)7-10-16(20)18-15-4-2-1-3-13(15)11-19/h5-10,13,15,19H,1-4,11H2,(H,18,20)/b10-7+. The lowest BCUT2D eigenvalue weighted by atomic mass is 9.85. The van der Waals surface area contributed by atoms with Crippen LogP contribution in [0.4, 0.5) is 0 Å². The smallest absolute Gasteiger partial charge is 0.244 e. The van der Waals surface area contributed by atoms with Gasteiger partial charge in [-0.3, -0.25) is 4.79 Å². The number of halogens is 1. The van der Waals surface area contributed by atoms with Crippen LogP contribution >= 0.6 is 15.9 Å². The second-order valence-corrected chi connectivity index (χ2v) is 6.14. The molecule has 1 aromatic rings. The minimum Gasteiger partial charge on any atom is -0.396 e. The summed E-state index contributed by atoms with van der Waals surface area (Å²) >= 11 is 3.38. The summed E-state index contributed by atoms with van der Waals surface area (Å²) < 4.78 is 1.02. The van der Waals surface area contributed by atoms with Crippen LogP contribution in [0.5, 0.6) is 0 Å². The molecule has 2 atom stereocenters. The zero-order chi connectivity index (χ0) is 14.4. The SMILES string of the molecule is O=C(/C=C/c1ccc(Br)cc1)NC1CCCCC1CO. The van der Waals surface area contributed by atoms with Gasteiger partial charge in [-0.2, -0.15) is 0 Å². The van der Waals surface area contributed by atoms with Gasteiger partial charge >= 0.3 is 0 Å². The average Bonchev–Trinajstić information content (AvgIpc) is 2.47. The molecule has 2 rings (SSSR count). The van der Waals surface area contributed by atoms with Gasteiger partial charge < -0.3 is 10.4 Å². The van der Waals surface area contributed by atoms with Gasteiger partial charge in [0, 0.05) is 29.1 Å². The molecule has 2 N–H and O–H groups in total. The zero-order valence-corrected chi connectivity index (χ0v) is 13.0. The Hall–Kier alpha value is -1.13. The van der Waals surface area contributed by atoms with E-state index in [0.29, 0.717) is 0 Å². The Bertz CT molecular complexity index is 470. The molecule has 2 unspecified atom stereocenters. The number of rotatable bonds is 4. The second kappa shape index (κ2) is 7.60. The number of carbonyl (C=O) groups excluding carboxylic acids is 1. The fraction of sp³-hybridized carbons (Fsp3) is 0.438. The Morgan fingerprint density at radius 2 is 2.00 bits per heavy atom. The number of hydrogen-bond donors (Lipinski definition) is 2. The van der Waals surface area contributed by atoms with Crippen LogP contribution in [0.3, 0.4) is 0 Å². The first-order valence-corrected chi connectivity index (χ1v) is 7.83. The van der Waals surface area contributed by atoms with Crippen molar-refractivity contribution in [2.24, 2.45) is 5.92 Å². The highest BCUT2D eigenvalue weighted by molar-refractivity contribution is 9.10. The van der Waals surface area contributed by atoms with Crippen LogP contribution in [-0.4, -0.2) is 23.7 Å². The second-order valence-electron chi connectivity index (χ2n) is 5.23. The van der Waals surface area contributed by atoms with Gasteiger partial charge in [0.05, 0.1) is 0 Å². The summed E-state index contributed by atoms with van der Waals surface area (Å²) in [6, 6.07) is 7.90. The van der Waals surface area contributed by atoms with Crippen molar-refractivity contribution in [1.82, 2.24) is 5.32 Å². The minimum atomic E-state index is -0.0849. The number of carbonyl (C=O) groups is 1. The summed E-state index contributed by atoms with van der Waals surface area (Å²) in [6.45, 7) is 0.154. The van der Waals surface area contributed by atoms with E-state index in [2.05, 4.69) is 21.2 Å². The molecule has 20 heavy (non-hydrogen) atoms. The van der Waals surface area contributed by atoms with Crippen molar-refractivity contribution >= 4 is 27.9 Å². The van der Waals surface area contributed by atoms with E-state index >= 15 is 0 Å². The van der Waals surface area contributed by atoms with Gasteiger partial charge in [0.2, 0.25) is 5.91 Å². The van der Waals surface area contributed by atoms with Crippen LogP contribution in [-0.2, 0) is 4.79 Å². The van der Waals surface area contributed by atoms with E-state index in [1.807, 2.05) is 24.3 Å². The fourth-order valence-corrected chi connectivity index (χ4v) is 2.86. The molecule has 0 spiro atoms. The van der Waals surface area contributed by atoms with Gasteiger partial charge in [-0.15, -0.1) is 0 Å². The molecule has 4 heteroatoms. The third-order valence-electron chi connectivity index (χ3n) is 3.77. The van der Waals surface area contributed by atoms with E-state index in [-0.39, 0.29) is 24.5 Å². The maximum atomic E-state index is 11.9. The normalized spacial score (nSPS) is 22.9.